The van der Waals surface area contributed by atoms with Crippen LogP contribution in [0.25, 0.3) is 0 Å². The van der Waals surface area contributed by atoms with E-state index in [1.807, 2.05) is 0 Å². The minimum Gasteiger partial charge on any atom is -0.310 e. The summed E-state index contributed by atoms with van der Waals surface area (Å²) < 4.78 is 0. The van der Waals surface area contributed by atoms with Gasteiger partial charge in [-0.15, -0.1) is 0 Å². The Hall–Kier alpha value is -0.0800. The molecular weight excluding hydrogens is 184 g/mol. The molecule has 0 unspecified atom stereocenters. The number of hydrogen-bond donors (Lipinski definition) is 1. The summed E-state index contributed by atoms with van der Waals surface area (Å²) in [4.78, 5) is 2.68. The maximum Gasteiger partial charge on any atom is 0.0209 e. The van der Waals surface area contributed by atoms with Gasteiger partial charge in [-0.1, -0.05) is 12.8 Å². The van der Waals surface area contributed by atoms with Gasteiger partial charge in [0.05, 0.1) is 0 Å². The van der Waals surface area contributed by atoms with Crippen LogP contribution in [0.4, 0.5) is 0 Å². The fraction of sp³-hybridized carbons (Fsp3) is 1.00. The second-order valence-corrected chi connectivity index (χ2v) is 5.84. The molecule has 1 N–H and O–H groups in total. The number of likely N-dealkylation sites (tertiary alicyclic amines) is 1. The number of rotatable bonds is 4. The van der Waals surface area contributed by atoms with Crippen molar-refractivity contribution in [2.75, 3.05) is 19.6 Å². The van der Waals surface area contributed by atoms with Crippen molar-refractivity contribution in [2.45, 2.75) is 57.0 Å². The molecule has 15 heavy (non-hydrogen) atoms. The van der Waals surface area contributed by atoms with Gasteiger partial charge in [-0.05, 0) is 44.6 Å². The molecule has 2 nitrogen and oxygen atoms in total. The van der Waals surface area contributed by atoms with Crippen LogP contribution in [-0.4, -0.2) is 36.6 Å². The second-order valence-electron chi connectivity index (χ2n) is 5.84. The van der Waals surface area contributed by atoms with Crippen molar-refractivity contribution in [3.63, 3.8) is 0 Å². The van der Waals surface area contributed by atoms with E-state index in [1.54, 1.807) is 0 Å². The molecule has 0 spiro atoms. The van der Waals surface area contributed by atoms with Crippen LogP contribution in [0.5, 0.6) is 0 Å². The summed E-state index contributed by atoms with van der Waals surface area (Å²) in [7, 11) is 0. The zero-order chi connectivity index (χ0) is 10.1. The molecule has 1 atom stereocenters. The maximum absolute atomic E-state index is 3.86. The molecule has 3 fully saturated rings. The van der Waals surface area contributed by atoms with Gasteiger partial charge in [0.2, 0.25) is 0 Å². The van der Waals surface area contributed by atoms with Gasteiger partial charge < -0.3 is 10.2 Å². The van der Waals surface area contributed by atoms with Crippen LogP contribution in [0, 0.1) is 5.92 Å². The van der Waals surface area contributed by atoms with E-state index in [-0.39, 0.29) is 0 Å². The monoisotopic (exact) mass is 208 g/mol. The van der Waals surface area contributed by atoms with E-state index in [0.29, 0.717) is 0 Å². The third kappa shape index (κ3) is 2.73. The van der Waals surface area contributed by atoms with Crippen molar-refractivity contribution in [3.8, 4) is 0 Å². The van der Waals surface area contributed by atoms with Crippen molar-refractivity contribution in [1.29, 1.82) is 0 Å². The van der Waals surface area contributed by atoms with Crippen LogP contribution in [0.2, 0.25) is 0 Å². The van der Waals surface area contributed by atoms with E-state index >= 15 is 0 Å². The molecule has 0 radical (unpaired) electrons. The van der Waals surface area contributed by atoms with Crippen LogP contribution >= 0.6 is 0 Å². The van der Waals surface area contributed by atoms with Gasteiger partial charge in [-0.3, -0.25) is 0 Å². The van der Waals surface area contributed by atoms with Gasteiger partial charge in [0.15, 0.2) is 0 Å². The molecule has 2 aliphatic carbocycles. The molecule has 0 bridgehead atoms. The van der Waals surface area contributed by atoms with Gasteiger partial charge in [0.1, 0.15) is 0 Å². The molecule has 86 valence electrons. The van der Waals surface area contributed by atoms with E-state index in [1.165, 1.54) is 64.6 Å². The molecule has 1 aliphatic heterocycles. The first-order chi connectivity index (χ1) is 7.40. The standard InChI is InChI=1S/C13H24N2/c1-2-4-12(3-1)14-13-7-8-15(10-13)9-11-5-6-11/h11-14H,1-10H2/t13-/m1/s1. The molecule has 0 amide bonds. The molecule has 3 aliphatic rings. The molecule has 0 aromatic carbocycles. The predicted octanol–water partition coefficient (Wildman–Crippen LogP) is 2.00. The van der Waals surface area contributed by atoms with Crippen molar-refractivity contribution in [2.24, 2.45) is 5.92 Å². The first-order valence-corrected chi connectivity index (χ1v) is 6.88. The van der Waals surface area contributed by atoms with Gasteiger partial charge in [0, 0.05) is 25.2 Å². The molecule has 2 saturated carbocycles. The highest BCUT2D eigenvalue weighted by Gasteiger charge is 2.30. The topological polar surface area (TPSA) is 15.3 Å². The Morgan fingerprint density at radius 2 is 1.73 bits per heavy atom. The quantitative estimate of drug-likeness (QED) is 0.760. The molecule has 0 aromatic heterocycles. The Morgan fingerprint density at radius 1 is 0.933 bits per heavy atom. The summed E-state index contributed by atoms with van der Waals surface area (Å²) in [5.41, 5.74) is 0. The van der Waals surface area contributed by atoms with E-state index in [2.05, 4.69) is 10.2 Å². The predicted molar refractivity (Wildman–Crippen MR) is 63.0 cm³/mol. The highest BCUT2D eigenvalue weighted by atomic mass is 15.2. The summed E-state index contributed by atoms with van der Waals surface area (Å²) in [5, 5.41) is 3.86. The maximum atomic E-state index is 3.86. The van der Waals surface area contributed by atoms with E-state index < -0.39 is 0 Å². The smallest absolute Gasteiger partial charge is 0.0209 e. The Balaban J connectivity index is 1.39. The lowest BCUT2D eigenvalue weighted by atomic mass is 10.2. The lowest BCUT2D eigenvalue weighted by molar-refractivity contribution is 0.309. The third-order valence-electron chi connectivity index (χ3n) is 4.31. The van der Waals surface area contributed by atoms with E-state index in [9.17, 15) is 0 Å². The fourth-order valence-corrected chi connectivity index (χ4v) is 3.23. The Bertz CT molecular complexity index is 207. The molecular formula is C13H24N2. The third-order valence-corrected chi connectivity index (χ3v) is 4.31. The van der Waals surface area contributed by atoms with Crippen LogP contribution in [0.1, 0.15) is 44.9 Å². The van der Waals surface area contributed by atoms with E-state index in [4.69, 9.17) is 0 Å². The molecule has 1 saturated heterocycles. The van der Waals surface area contributed by atoms with Gasteiger partial charge in [0.25, 0.3) is 0 Å². The highest BCUT2D eigenvalue weighted by molar-refractivity contribution is 4.88. The normalized spacial score (nSPS) is 34.0. The fourth-order valence-electron chi connectivity index (χ4n) is 3.23. The SMILES string of the molecule is C1CCC(N[C@@H]2CCN(CC3CC3)C2)C1. The minimum atomic E-state index is 0.812. The number of nitrogens with one attached hydrogen (secondary N) is 1. The van der Waals surface area contributed by atoms with Gasteiger partial charge in [-0.25, -0.2) is 0 Å². The summed E-state index contributed by atoms with van der Waals surface area (Å²) >= 11 is 0. The summed E-state index contributed by atoms with van der Waals surface area (Å²) in [6.07, 6.45) is 10.2. The van der Waals surface area contributed by atoms with Crippen LogP contribution in [0.3, 0.4) is 0 Å². The van der Waals surface area contributed by atoms with E-state index in [0.717, 1.165) is 18.0 Å². The first kappa shape index (κ1) is 10.1. The first-order valence-electron chi connectivity index (χ1n) is 6.88. The molecule has 3 rings (SSSR count). The average molecular weight is 208 g/mol. The Labute approximate surface area is 93.4 Å². The van der Waals surface area contributed by atoms with Gasteiger partial charge in [-0.2, -0.15) is 0 Å². The highest BCUT2D eigenvalue weighted by Crippen LogP contribution is 2.31. The van der Waals surface area contributed by atoms with Crippen LogP contribution < -0.4 is 5.32 Å². The van der Waals surface area contributed by atoms with Crippen molar-refractivity contribution in [1.82, 2.24) is 10.2 Å². The Morgan fingerprint density at radius 3 is 2.47 bits per heavy atom. The minimum absolute atomic E-state index is 0.812. The summed E-state index contributed by atoms with van der Waals surface area (Å²) in [5.74, 6) is 1.07. The number of nitrogens with zero attached hydrogens (tertiary/aromatic N) is 1. The summed E-state index contributed by atoms with van der Waals surface area (Å²) in [6, 6.07) is 1.67. The summed E-state index contributed by atoms with van der Waals surface area (Å²) in [6.45, 7) is 4.07. The second kappa shape index (κ2) is 4.42. The van der Waals surface area contributed by atoms with Crippen LogP contribution in [-0.2, 0) is 0 Å². The lowest BCUT2D eigenvalue weighted by Gasteiger charge is -2.19. The Kier molecular flexibility index (Phi) is 2.98. The lowest BCUT2D eigenvalue weighted by Crippen LogP contribution is -2.38. The zero-order valence-electron chi connectivity index (χ0n) is 9.75. The number of hydrogen-bond acceptors (Lipinski definition) is 2. The molecule has 1 heterocycles. The molecule has 0 aromatic rings. The van der Waals surface area contributed by atoms with Crippen LogP contribution in [0.15, 0.2) is 0 Å². The molecule has 2 heteroatoms. The van der Waals surface area contributed by atoms with Crippen molar-refractivity contribution < 1.29 is 0 Å². The van der Waals surface area contributed by atoms with Gasteiger partial charge >= 0.3 is 0 Å². The zero-order valence-corrected chi connectivity index (χ0v) is 9.75. The average Bonchev–Trinajstić information content (AvgIpc) is 2.74. The van der Waals surface area contributed by atoms with Crippen molar-refractivity contribution in [3.05, 3.63) is 0 Å². The van der Waals surface area contributed by atoms with Crippen molar-refractivity contribution >= 4 is 0 Å². The largest absolute Gasteiger partial charge is 0.310 e.